The minimum absolute atomic E-state index is 0.571. The van der Waals surface area contributed by atoms with Gasteiger partial charge in [-0.05, 0) is 40.5 Å². The van der Waals surface area contributed by atoms with Gasteiger partial charge in [-0.3, -0.25) is 0 Å². The number of aromatic nitrogens is 3. The minimum Gasteiger partial charge on any atom is -0.455 e. The van der Waals surface area contributed by atoms with Crippen LogP contribution in [0.15, 0.2) is 156 Å². The maximum absolute atomic E-state index is 6.38. The van der Waals surface area contributed by atoms with E-state index in [1.54, 1.807) is 0 Å². The fourth-order valence-corrected chi connectivity index (χ4v) is 5.68. The Balaban J connectivity index is 1.34. The first-order valence-electron chi connectivity index (χ1n) is 14.3. The lowest BCUT2D eigenvalue weighted by molar-refractivity contribution is 0.669. The number of benzene rings is 6. The summed E-state index contributed by atoms with van der Waals surface area (Å²) in [5.41, 5.74) is 8.78. The van der Waals surface area contributed by atoms with E-state index in [1.165, 1.54) is 5.56 Å². The Morgan fingerprint density at radius 3 is 1.70 bits per heavy atom. The number of nitrogens with zero attached hydrogens (tertiary/aromatic N) is 3. The molecule has 0 N–H and O–H groups in total. The van der Waals surface area contributed by atoms with E-state index in [-0.39, 0.29) is 0 Å². The summed E-state index contributed by atoms with van der Waals surface area (Å²) in [5.74, 6) is 1.79. The molecule has 4 nitrogen and oxygen atoms in total. The van der Waals surface area contributed by atoms with Crippen LogP contribution >= 0.6 is 0 Å². The molecular weight excluding hydrogens is 526 g/mol. The molecule has 8 rings (SSSR count). The topological polar surface area (TPSA) is 51.8 Å². The van der Waals surface area contributed by atoms with Crippen LogP contribution in [0.3, 0.4) is 0 Å². The summed E-state index contributed by atoms with van der Waals surface area (Å²) in [5, 5.41) is 2.11. The van der Waals surface area contributed by atoms with E-state index in [0.29, 0.717) is 17.5 Å². The highest BCUT2D eigenvalue weighted by Gasteiger charge is 2.19. The molecule has 0 saturated heterocycles. The second kappa shape index (κ2) is 10.5. The van der Waals surface area contributed by atoms with Crippen molar-refractivity contribution in [2.45, 2.75) is 0 Å². The van der Waals surface area contributed by atoms with Crippen molar-refractivity contribution >= 4 is 21.9 Å². The Bertz CT molecular complexity index is 2240. The molecule has 0 amide bonds. The molecule has 8 aromatic rings. The lowest BCUT2D eigenvalue weighted by Gasteiger charge is -2.13. The molecular formula is C39H25N3O. The van der Waals surface area contributed by atoms with Crippen LogP contribution in [-0.2, 0) is 0 Å². The Labute approximate surface area is 249 Å². The van der Waals surface area contributed by atoms with Crippen molar-refractivity contribution in [1.82, 2.24) is 15.0 Å². The van der Waals surface area contributed by atoms with Crippen LogP contribution in [0.2, 0.25) is 0 Å². The van der Waals surface area contributed by atoms with E-state index >= 15 is 0 Å². The normalized spacial score (nSPS) is 11.3. The molecule has 0 atom stereocenters. The fourth-order valence-electron chi connectivity index (χ4n) is 5.68. The molecule has 0 fully saturated rings. The van der Waals surface area contributed by atoms with Crippen molar-refractivity contribution in [3.8, 4) is 56.4 Å². The third kappa shape index (κ3) is 4.55. The zero-order valence-electron chi connectivity index (χ0n) is 23.2. The number of furan rings is 1. The lowest BCUT2D eigenvalue weighted by Crippen LogP contribution is -2.01. The SMILES string of the molecule is c1ccc(-c2cccc(-c3ccccc3-c3nc(-c4ccccc4)nc(-c4cccc5c4oc4ccccc45)n3)c2)cc1. The summed E-state index contributed by atoms with van der Waals surface area (Å²) in [6.07, 6.45) is 0. The number of hydrogen-bond acceptors (Lipinski definition) is 4. The first kappa shape index (κ1) is 24.9. The zero-order valence-corrected chi connectivity index (χ0v) is 23.2. The Kier molecular flexibility index (Phi) is 6.08. The molecule has 202 valence electrons. The quantitative estimate of drug-likeness (QED) is 0.214. The highest BCUT2D eigenvalue weighted by Crippen LogP contribution is 2.37. The van der Waals surface area contributed by atoms with Gasteiger partial charge in [0.15, 0.2) is 17.5 Å². The Morgan fingerprint density at radius 2 is 0.884 bits per heavy atom. The monoisotopic (exact) mass is 551 g/mol. The van der Waals surface area contributed by atoms with Crippen molar-refractivity contribution in [2.75, 3.05) is 0 Å². The predicted molar refractivity (Wildman–Crippen MR) is 174 cm³/mol. The summed E-state index contributed by atoms with van der Waals surface area (Å²) in [7, 11) is 0. The molecule has 0 bridgehead atoms. The van der Waals surface area contributed by atoms with E-state index in [1.807, 2.05) is 72.8 Å². The molecule has 6 aromatic carbocycles. The van der Waals surface area contributed by atoms with Gasteiger partial charge >= 0.3 is 0 Å². The lowest BCUT2D eigenvalue weighted by atomic mass is 9.95. The van der Waals surface area contributed by atoms with Crippen molar-refractivity contribution in [2.24, 2.45) is 0 Å². The molecule has 0 aliphatic heterocycles. The third-order valence-corrected chi connectivity index (χ3v) is 7.76. The molecule has 0 unspecified atom stereocenters. The van der Waals surface area contributed by atoms with Gasteiger partial charge in [0.25, 0.3) is 0 Å². The second-order valence-electron chi connectivity index (χ2n) is 10.4. The zero-order chi connectivity index (χ0) is 28.6. The molecule has 0 radical (unpaired) electrons. The van der Waals surface area contributed by atoms with E-state index in [4.69, 9.17) is 19.4 Å². The number of rotatable bonds is 5. The highest BCUT2D eigenvalue weighted by molar-refractivity contribution is 6.09. The standard InChI is InChI=1S/C39H25N3O/c1-3-13-26(14-4-1)28-17-11-18-29(25-28)30-19-7-8-21-33(30)38-40-37(27-15-5-2-6-16-27)41-39(42-38)34-23-12-22-32-31-20-9-10-24-35(31)43-36(32)34/h1-25H. The first-order valence-corrected chi connectivity index (χ1v) is 14.3. The van der Waals surface area contributed by atoms with E-state index in [2.05, 4.69) is 78.9 Å². The van der Waals surface area contributed by atoms with Gasteiger partial charge in [-0.25, -0.2) is 15.0 Å². The van der Waals surface area contributed by atoms with E-state index in [9.17, 15) is 0 Å². The maximum Gasteiger partial charge on any atom is 0.167 e. The molecule has 43 heavy (non-hydrogen) atoms. The minimum atomic E-state index is 0.571. The summed E-state index contributed by atoms with van der Waals surface area (Å²) in [6, 6.07) is 51.6. The molecule has 4 heteroatoms. The number of para-hydroxylation sites is 2. The van der Waals surface area contributed by atoms with Gasteiger partial charge in [0, 0.05) is 21.9 Å². The number of hydrogen-bond donors (Lipinski definition) is 0. The molecule has 2 aromatic heterocycles. The van der Waals surface area contributed by atoms with Crippen LogP contribution in [0.1, 0.15) is 0 Å². The average Bonchev–Trinajstić information content (AvgIpc) is 3.48. The first-order chi connectivity index (χ1) is 21.3. The van der Waals surface area contributed by atoms with Gasteiger partial charge in [-0.1, -0.05) is 133 Å². The van der Waals surface area contributed by atoms with Crippen LogP contribution in [0, 0.1) is 0 Å². The Hall–Kier alpha value is -5.87. The van der Waals surface area contributed by atoms with Crippen molar-refractivity contribution in [3.05, 3.63) is 152 Å². The summed E-state index contributed by atoms with van der Waals surface area (Å²) in [6.45, 7) is 0. The number of fused-ring (bicyclic) bond motifs is 3. The van der Waals surface area contributed by atoms with Crippen LogP contribution in [0.4, 0.5) is 0 Å². The molecule has 0 spiro atoms. The summed E-state index contributed by atoms with van der Waals surface area (Å²) >= 11 is 0. The van der Waals surface area contributed by atoms with Gasteiger partial charge < -0.3 is 4.42 Å². The fraction of sp³-hybridized carbons (Fsp3) is 0. The van der Waals surface area contributed by atoms with Crippen molar-refractivity contribution in [1.29, 1.82) is 0 Å². The highest BCUT2D eigenvalue weighted by atomic mass is 16.3. The van der Waals surface area contributed by atoms with E-state index in [0.717, 1.165) is 55.3 Å². The van der Waals surface area contributed by atoms with Gasteiger partial charge in [-0.15, -0.1) is 0 Å². The van der Waals surface area contributed by atoms with Crippen molar-refractivity contribution in [3.63, 3.8) is 0 Å². The van der Waals surface area contributed by atoms with Crippen molar-refractivity contribution < 1.29 is 4.42 Å². The van der Waals surface area contributed by atoms with Gasteiger partial charge in [0.2, 0.25) is 0 Å². The molecule has 0 aliphatic carbocycles. The summed E-state index contributed by atoms with van der Waals surface area (Å²) < 4.78 is 6.38. The van der Waals surface area contributed by atoms with Gasteiger partial charge in [0.05, 0.1) is 5.56 Å². The van der Waals surface area contributed by atoms with Crippen LogP contribution in [0.5, 0.6) is 0 Å². The second-order valence-corrected chi connectivity index (χ2v) is 10.4. The molecule has 2 heterocycles. The maximum atomic E-state index is 6.38. The van der Waals surface area contributed by atoms with E-state index < -0.39 is 0 Å². The average molecular weight is 552 g/mol. The predicted octanol–water partition coefficient (Wildman–Crippen LogP) is 10.1. The van der Waals surface area contributed by atoms with Crippen LogP contribution < -0.4 is 0 Å². The largest absolute Gasteiger partial charge is 0.455 e. The Morgan fingerprint density at radius 1 is 0.349 bits per heavy atom. The van der Waals surface area contributed by atoms with Crippen LogP contribution in [0.25, 0.3) is 78.4 Å². The molecule has 0 aliphatic rings. The van der Waals surface area contributed by atoms with Crippen LogP contribution in [-0.4, -0.2) is 15.0 Å². The summed E-state index contributed by atoms with van der Waals surface area (Å²) in [4.78, 5) is 15.1. The van der Waals surface area contributed by atoms with Gasteiger partial charge in [0.1, 0.15) is 11.2 Å². The smallest absolute Gasteiger partial charge is 0.167 e. The van der Waals surface area contributed by atoms with Gasteiger partial charge in [-0.2, -0.15) is 0 Å². The molecule has 0 saturated carbocycles. The third-order valence-electron chi connectivity index (χ3n) is 7.76.